The first-order valence-corrected chi connectivity index (χ1v) is 14.9. The molecule has 13 heteroatoms. The number of halogens is 1. The van der Waals surface area contributed by atoms with Crippen molar-refractivity contribution in [1.29, 1.82) is 0 Å². The summed E-state index contributed by atoms with van der Waals surface area (Å²) in [6, 6.07) is 8.89. The molecule has 0 unspecified atom stereocenters. The van der Waals surface area contributed by atoms with E-state index >= 15 is 0 Å². The van der Waals surface area contributed by atoms with Gasteiger partial charge in [-0.25, -0.2) is 9.18 Å². The number of thiophene rings is 1. The van der Waals surface area contributed by atoms with Crippen LogP contribution in [0.15, 0.2) is 52.2 Å². The molecule has 214 valence electrons. The Morgan fingerprint density at radius 3 is 2.68 bits per heavy atom. The van der Waals surface area contributed by atoms with Crippen LogP contribution < -0.4 is 10.6 Å². The van der Waals surface area contributed by atoms with Crippen LogP contribution in [0.1, 0.15) is 63.9 Å². The zero-order chi connectivity index (χ0) is 28.9. The number of carbonyl (C=O) groups is 3. The number of fused-ring (bicyclic) bond motifs is 1. The lowest BCUT2D eigenvalue weighted by Crippen LogP contribution is -2.25. The molecular formula is C28H28FN5O5S2. The maximum atomic E-state index is 13.7. The van der Waals surface area contributed by atoms with Crippen molar-refractivity contribution in [1.82, 2.24) is 20.1 Å². The first-order valence-electron chi connectivity index (χ1n) is 13.2. The summed E-state index contributed by atoms with van der Waals surface area (Å²) in [6.45, 7) is 3.72. The second kappa shape index (κ2) is 12.7. The van der Waals surface area contributed by atoms with Crippen molar-refractivity contribution >= 4 is 45.9 Å². The SMILES string of the molecule is CCOC(=O)c1c(NC(=O)[C@@H](C)Sc2nnc(CNC(=O)c3ccco3)n2-c2ccc(F)cc2)sc2c1CCCC2. The average Bonchev–Trinajstić information content (AvgIpc) is 3.71. The van der Waals surface area contributed by atoms with Crippen LogP contribution in [0.25, 0.3) is 5.69 Å². The van der Waals surface area contributed by atoms with Gasteiger partial charge in [-0.1, -0.05) is 11.8 Å². The first-order chi connectivity index (χ1) is 19.9. The number of rotatable bonds is 10. The molecule has 0 saturated carbocycles. The van der Waals surface area contributed by atoms with E-state index in [0.717, 1.165) is 47.9 Å². The molecule has 2 N–H and O–H groups in total. The number of nitrogens with zero attached hydrogens (tertiary/aromatic N) is 3. The number of amides is 2. The van der Waals surface area contributed by atoms with Crippen LogP contribution in [0, 0.1) is 5.82 Å². The van der Waals surface area contributed by atoms with E-state index in [2.05, 4.69) is 20.8 Å². The summed E-state index contributed by atoms with van der Waals surface area (Å²) < 4.78 is 25.8. The van der Waals surface area contributed by atoms with Crippen molar-refractivity contribution in [2.45, 2.75) is 56.5 Å². The quantitative estimate of drug-likeness (QED) is 0.189. The molecule has 0 radical (unpaired) electrons. The number of thioether (sulfide) groups is 1. The Labute approximate surface area is 243 Å². The molecule has 3 aromatic heterocycles. The molecule has 1 atom stereocenters. The third kappa shape index (κ3) is 6.35. The topological polar surface area (TPSA) is 128 Å². The minimum absolute atomic E-state index is 0.00863. The van der Waals surface area contributed by atoms with Crippen LogP contribution in [0.5, 0.6) is 0 Å². The first kappa shape index (κ1) is 28.6. The Balaban J connectivity index is 1.36. The second-order valence-electron chi connectivity index (χ2n) is 9.26. The Hall–Kier alpha value is -3.97. The third-order valence-electron chi connectivity index (χ3n) is 6.48. The van der Waals surface area contributed by atoms with E-state index in [1.54, 1.807) is 42.7 Å². The maximum Gasteiger partial charge on any atom is 0.341 e. The number of aryl methyl sites for hydroxylation is 1. The zero-order valence-corrected chi connectivity index (χ0v) is 24.1. The van der Waals surface area contributed by atoms with Gasteiger partial charge in [-0.3, -0.25) is 14.2 Å². The standard InChI is InChI=1S/C28H28FN5O5S2/c1-3-38-27(37)23-19-7-4-5-9-21(19)41-26(23)31-24(35)16(2)40-28-33-32-22(15-30-25(36)20-8-6-14-39-20)34(28)18-12-10-17(29)11-13-18/h6,8,10-14,16H,3-5,7,9,15H2,1-2H3,(H,30,36)(H,31,35)/t16-/m1/s1. The molecule has 3 heterocycles. The van der Waals surface area contributed by atoms with Gasteiger partial charge in [0.05, 0.1) is 30.2 Å². The highest BCUT2D eigenvalue weighted by molar-refractivity contribution is 8.00. The predicted octanol–water partition coefficient (Wildman–Crippen LogP) is 5.17. The summed E-state index contributed by atoms with van der Waals surface area (Å²) in [5, 5.41) is 14.4. The molecule has 1 aromatic carbocycles. The van der Waals surface area contributed by atoms with Crippen LogP contribution in [0.3, 0.4) is 0 Å². The molecule has 4 aromatic rings. The molecule has 5 rings (SSSR count). The number of furan rings is 1. The van der Waals surface area contributed by atoms with Crippen molar-refractivity contribution in [2.75, 3.05) is 11.9 Å². The van der Waals surface area contributed by atoms with Gasteiger partial charge in [-0.05, 0) is 81.5 Å². The van der Waals surface area contributed by atoms with Crippen molar-refractivity contribution in [3.05, 3.63) is 76.1 Å². The van der Waals surface area contributed by atoms with Gasteiger partial charge < -0.3 is 19.8 Å². The highest BCUT2D eigenvalue weighted by atomic mass is 32.2. The number of hydrogen-bond acceptors (Lipinski definition) is 9. The van der Waals surface area contributed by atoms with Crippen LogP contribution in [-0.4, -0.2) is 44.4 Å². The van der Waals surface area contributed by atoms with Gasteiger partial charge in [-0.2, -0.15) is 0 Å². The lowest BCUT2D eigenvalue weighted by atomic mass is 9.95. The van der Waals surface area contributed by atoms with E-state index in [9.17, 15) is 18.8 Å². The van der Waals surface area contributed by atoms with E-state index in [-0.39, 0.29) is 24.8 Å². The van der Waals surface area contributed by atoms with Crippen LogP contribution >= 0.6 is 23.1 Å². The molecule has 0 bridgehead atoms. The Kier molecular flexibility index (Phi) is 8.84. The van der Waals surface area contributed by atoms with E-state index in [1.807, 2.05) is 0 Å². The maximum absolute atomic E-state index is 13.7. The molecular weight excluding hydrogens is 569 g/mol. The van der Waals surface area contributed by atoms with Gasteiger partial charge >= 0.3 is 5.97 Å². The number of nitrogens with one attached hydrogen (secondary N) is 2. The van der Waals surface area contributed by atoms with E-state index in [4.69, 9.17) is 9.15 Å². The van der Waals surface area contributed by atoms with Gasteiger partial charge in [0.2, 0.25) is 5.91 Å². The number of ether oxygens (including phenoxy) is 1. The predicted molar refractivity (Wildman–Crippen MR) is 152 cm³/mol. The molecule has 10 nitrogen and oxygen atoms in total. The highest BCUT2D eigenvalue weighted by Gasteiger charge is 2.29. The summed E-state index contributed by atoms with van der Waals surface area (Å²) >= 11 is 2.57. The number of esters is 1. The number of hydrogen-bond donors (Lipinski definition) is 2. The number of aromatic nitrogens is 3. The van der Waals surface area contributed by atoms with Crippen LogP contribution in [0.2, 0.25) is 0 Å². The number of benzene rings is 1. The van der Waals surface area contributed by atoms with Gasteiger partial charge in [0, 0.05) is 10.6 Å². The molecule has 0 aliphatic heterocycles. The Bertz CT molecular complexity index is 1550. The van der Waals surface area contributed by atoms with Crippen molar-refractivity contribution in [2.24, 2.45) is 0 Å². The van der Waals surface area contributed by atoms with Gasteiger partial charge in [0.1, 0.15) is 10.8 Å². The highest BCUT2D eigenvalue weighted by Crippen LogP contribution is 2.39. The fraction of sp³-hybridized carbons (Fsp3) is 0.321. The van der Waals surface area contributed by atoms with Crippen molar-refractivity contribution in [3.8, 4) is 5.69 Å². The van der Waals surface area contributed by atoms with Crippen LogP contribution in [0.4, 0.5) is 9.39 Å². The molecule has 1 aliphatic carbocycles. The summed E-state index contributed by atoms with van der Waals surface area (Å²) in [6.07, 6.45) is 5.07. The Morgan fingerprint density at radius 2 is 1.95 bits per heavy atom. The van der Waals surface area contributed by atoms with Crippen molar-refractivity contribution in [3.63, 3.8) is 0 Å². The smallest absolute Gasteiger partial charge is 0.341 e. The lowest BCUT2D eigenvalue weighted by Gasteiger charge is -2.15. The number of carbonyl (C=O) groups excluding carboxylic acids is 3. The average molecular weight is 598 g/mol. The molecule has 2 amide bonds. The second-order valence-corrected chi connectivity index (χ2v) is 11.7. The zero-order valence-electron chi connectivity index (χ0n) is 22.4. The Morgan fingerprint density at radius 1 is 1.17 bits per heavy atom. The number of anilines is 1. The summed E-state index contributed by atoms with van der Waals surface area (Å²) in [5.41, 5.74) is 1.97. The fourth-order valence-corrected chi connectivity index (χ4v) is 6.66. The summed E-state index contributed by atoms with van der Waals surface area (Å²) in [7, 11) is 0. The van der Waals surface area contributed by atoms with Crippen molar-refractivity contribution < 1.29 is 27.9 Å². The van der Waals surface area contributed by atoms with Gasteiger partial charge in [0.25, 0.3) is 5.91 Å². The molecule has 0 fully saturated rings. The minimum Gasteiger partial charge on any atom is -0.462 e. The minimum atomic E-state index is -0.641. The normalized spacial score (nSPS) is 13.3. The third-order valence-corrected chi connectivity index (χ3v) is 8.73. The molecule has 0 saturated heterocycles. The fourth-order valence-electron chi connectivity index (χ4n) is 4.49. The molecule has 1 aliphatic rings. The van der Waals surface area contributed by atoms with Gasteiger partial charge in [0.15, 0.2) is 16.7 Å². The van der Waals surface area contributed by atoms with E-state index in [0.29, 0.717) is 27.2 Å². The monoisotopic (exact) mass is 597 g/mol. The molecule has 41 heavy (non-hydrogen) atoms. The summed E-state index contributed by atoms with van der Waals surface area (Å²) in [5.74, 6) is -1.06. The van der Waals surface area contributed by atoms with E-state index in [1.165, 1.54) is 29.7 Å². The van der Waals surface area contributed by atoms with Crippen LogP contribution in [-0.2, 0) is 28.9 Å². The summed E-state index contributed by atoms with van der Waals surface area (Å²) in [4.78, 5) is 39.7. The van der Waals surface area contributed by atoms with Gasteiger partial charge in [-0.15, -0.1) is 21.5 Å². The molecule has 0 spiro atoms. The van der Waals surface area contributed by atoms with E-state index < -0.39 is 22.9 Å². The lowest BCUT2D eigenvalue weighted by molar-refractivity contribution is -0.115. The largest absolute Gasteiger partial charge is 0.462 e.